The fourth-order valence-corrected chi connectivity index (χ4v) is 2.29. The van der Waals surface area contributed by atoms with E-state index in [0.717, 1.165) is 18.7 Å². The number of aromatic nitrogens is 2. The van der Waals surface area contributed by atoms with Crippen molar-refractivity contribution >= 4 is 0 Å². The SMILES string of the molecule is CCCn1cncc1C(O)Cc1ccc(C)c(C)c1. The van der Waals surface area contributed by atoms with Crippen LogP contribution in [0.1, 0.15) is 41.8 Å². The van der Waals surface area contributed by atoms with E-state index in [1.165, 1.54) is 16.7 Å². The summed E-state index contributed by atoms with van der Waals surface area (Å²) in [5.74, 6) is 0. The smallest absolute Gasteiger partial charge is 0.0995 e. The minimum Gasteiger partial charge on any atom is -0.386 e. The number of hydrogen-bond acceptors (Lipinski definition) is 2. The first-order valence-electron chi connectivity index (χ1n) is 6.86. The molecule has 3 heteroatoms. The molecule has 1 aromatic carbocycles. The zero-order valence-corrected chi connectivity index (χ0v) is 11.9. The molecule has 0 aliphatic carbocycles. The molecule has 1 unspecified atom stereocenters. The van der Waals surface area contributed by atoms with Gasteiger partial charge < -0.3 is 9.67 Å². The minimum absolute atomic E-state index is 0.490. The van der Waals surface area contributed by atoms with Gasteiger partial charge in [-0.3, -0.25) is 0 Å². The molecule has 0 saturated heterocycles. The molecule has 1 N–H and O–H groups in total. The highest BCUT2D eigenvalue weighted by Crippen LogP contribution is 2.20. The maximum atomic E-state index is 10.4. The molecule has 0 radical (unpaired) electrons. The molecule has 102 valence electrons. The monoisotopic (exact) mass is 258 g/mol. The highest BCUT2D eigenvalue weighted by Gasteiger charge is 2.13. The average molecular weight is 258 g/mol. The Bertz CT molecular complexity index is 545. The van der Waals surface area contributed by atoms with E-state index < -0.39 is 6.10 Å². The number of aliphatic hydroxyl groups is 1. The Morgan fingerprint density at radius 2 is 2.05 bits per heavy atom. The first-order valence-corrected chi connectivity index (χ1v) is 6.86. The summed E-state index contributed by atoms with van der Waals surface area (Å²) in [6, 6.07) is 6.35. The molecule has 19 heavy (non-hydrogen) atoms. The van der Waals surface area contributed by atoms with Crippen LogP contribution in [0.5, 0.6) is 0 Å². The van der Waals surface area contributed by atoms with Gasteiger partial charge >= 0.3 is 0 Å². The van der Waals surface area contributed by atoms with Gasteiger partial charge in [-0.05, 0) is 37.0 Å². The van der Waals surface area contributed by atoms with Crippen LogP contribution in [0, 0.1) is 13.8 Å². The zero-order chi connectivity index (χ0) is 13.8. The number of nitrogens with zero attached hydrogens (tertiary/aromatic N) is 2. The van der Waals surface area contributed by atoms with Crippen molar-refractivity contribution in [3.8, 4) is 0 Å². The van der Waals surface area contributed by atoms with Crippen molar-refractivity contribution in [2.24, 2.45) is 0 Å². The van der Waals surface area contributed by atoms with Crippen LogP contribution in [0.25, 0.3) is 0 Å². The molecule has 0 bridgehead atoms. The van der Waals surface area contributed by atoms with Crippen molar-refractivity contribution in [3.63, 3.8) is 0 Å². The Hall–Kier alpha value is -1.61. The van der Waals surface area contributed by atoms with E-state index in [-0.39, 0.29) is 0 Å². The summed E-state index contributed by atoms with van der Waals surface area (Å²) in [5.41, 5.74) is 4.63. The molecule has 1 heterocycles. The van der Waals surface area contributed by atoms with E-state index in [1.54, 1.807) is 12.5 Å². The number of aliphatic hydroxyl groups excluding tert-OH is 1. The Morgan fingerprint density at radius 1 is 1.26 bits per heavy atom. The van der Waals surface area contributed by atoms with Gasteiger partial charge in [0.05, 0.1) is 24.3 Å². The number of hydrogen-bond donors (Lipinski definition) is 1. The molecule has 0 fully saturated rings. The van der Waals surface area contributed by atoms with Crippen molar-refractivity contribution in [2.45, 2.75) is 46.3 Å². The van der Waals surface area contributed by atoms with Crippen molar-refractivity contribution in [1.29, 1.82) is 0 Å². The van der Waals surface area contributed by atoms with Gasteiger partial charge in [-0.25, -0.2) is 4.98 Å². The van der Waals surface area contributed by atoms with E-state index in [0.29, 0.717) is 6.42 Å². The summed E-state index contributed by atoms with van der Waals surface area (Å²) in [6.07, 6.45) is 4.75. The van der Waals surface area contributed by atoms with Crippen LogP contribution >= 0.6 is 0 Å². The third kappa shape index (κ3) is 3.24. The molecule has 0 aliphatic rings. The summed E-state index contributed by atoms with van der Waals surface area (Å²) in [4.78, 5) is 4.14. The predicted molar refractivity (Wildman–Crippen MR) is 77.1 cm³/mol. The van der Waals surface area contributed by atoms with Gasteiger partial charge in [-0.15, -0.1) is 0 Å². The van der Waals surface area contributed by atoms with E-state index in [1.807, 2.05) is 4.57 Å². The summed E-state index contributed by atoms with van der Waals surface area (Å²) >= 11 is 0. The zero-order valence-electron chi connectivity index (χ0n) is 11.9. The van der Waals surface area contributed by atoms with Crippen LogP contribution in [0.15, 0.2) is 30.7 Å². The lowest BCUT2D eigenvalue weighted by molar-refractivity contribution is 0.168. The lowest BCUT2D eigenvalue weighted by atomic mass is 10.0. The van der Waals surface area contributed by atoms with E-state index in [4.69, 9.17) is 0 Å². The third-order valence-corrected chi connectivity index (χ3v) is 3.55. The molecule has 1 atom stereocenters. The molecular weight excluding hydrogens is 236 g/mol. The van der Waals surface area contributed by atoms with Gasteiger partial charge in [0.2, 0.25) is 0 Å². The topological polar surface area (TPSA) is 38.0 Å². The Kier molecular flexibility index (Phi) is 4.38. The predicted octanol–water partition coefficient (Wildman–Crippen LogP) is 3.19. The van der Waals surface area contributed by atoms with Crippen LogP contribution in [0.4, 0.5) is 0 Å². The largest absolute Gasteiger partial charge is 0.386 e. The molecule has 0 saturated carbocycles. The van der Waals surface area contributed by atoms with E-state index in [2.05, 4.69) is 44.0 Å². The highest BCUT2D eigenvalue weighted by atomic mass is 16.3. The van der Waals surface area contributed by atoms with E-state index >= 15 is 0 Å². The Morgan fingerprint density at radius 3 is 2.74 bits per heavy atom. The van der Waals surface area contributed by atoms with Crippen LogP contribution < -0.4 is 0 Å². The van der Waals surface area contributed by atoms with Crippen molar-refractivity contribution in [3.05, 3.63) is 53.1 Å². The third-order valence-electron chi connectivity index (χ3n) is 3.55. The maximum Gasteiger partial charge on any atom is 0.0995 e. The van der Waals surface area contributed by atoms with Gasteiger partial charge in [-0.2, -0.15) is 0 Å². The van der Waals surface area contributed by atoms with Crippen molar-refractivity contribution in [1.82, 2.24) is 9.55 Å². The average Bonchev–Trinajstić information content (AvgIpc) is 2.83. The van der Waals surface area contributed by atoms with Crippen LogP contribution in [-0.2, 0) is 13.0 Å². The Labute approximate surface area is 114 Å². The minimum atomic E-state index is -0.490. The maximum absolute atomic E-state index is 10.4. The lowest BCUT2D eigenvalue weighted by Gasteiger charge is -2.14. The molecule has 3 nitrogen and oxygen atoms in total. The second kappa shape index (κ2) is 6.02. The summed E-state index contributed by atoms with van der Waals surface area (Å²) in [7, 11) is 0. The number of benzene rings is 1. The second-order valence-corrected chi connectivity index (χ2v) is 5.15. The van der Waals surface area contributed by atoms with Gasteiger partial charge in [0, 0.05) is 13.0 Å². The quantitative estimate of drug-likeness (QED) is 0.894. The first-order chi connectivity index (χ1) is 9.11. The van der Waals surface area contributed by atoms with E-state index in [9.17, 15) is 5.11 Å². The molecular formula is C16H22N2O. The van der Waals surface area contributed by atoms with Crippen LogP contribution in [0.2, 0.25) is 0 Å². The number of rotatable bonds is 5. The summed E-state index contributed by atoms with van der Waals surface area (Å²) in [6.45, 7) is 7.23. The molecule has 0 aliphatic heterocycles. The first kappa shape index (κ1) is 13.8. The summed E-state index contributed by atoms with van der Waals surface area (Å²) < 4.78 is 2.03. The second-order valence-electron chi connectivity index (χ2n) is 5.15. The van der Waals surface area contributed by atoms with Gasteiger partial charge in [0.15, 0.2) is 0 Å². The van der Waals surface area contributed by atoms with Crippen LogP contribution in [0.3, 0.4) is 0 Å². The fraction of sp³-hybridized carbons (Fsp3) is 0.438. The number of aryl methyl sites for hydroxylation is 3. The van der Waals surface area contributed by atoms with Crippen molar-refractivity contribution < 1.29 is 5.11 Å². The number of imidazole rings is 1. The Balaban J connectivity index is 2.13. The summed E-state index contributed by atoms with van der Waals surface area (Å²) in [5, 5.41) is 10.4. The highest BCUT2D eigenvalue weighted by molar-refractivity contribution is 5.30. The molecule has 2 rings (SSSR count). The lowest BCUT2D eigenvalue weighted by Crippen LogP contribution is -2.09. The standard InChI is InChI=1S/C16H22N2O/c1-4-7-18-11-17-10-15(18)16(19)9-14-6-5-12(2)13(3)8-14/h5-6,8,10-11,16,19H,4,7,9H2,1-3H3. The van der Waals surface area contributed by atoms with Crippen molar-refractivity contribution in [2.75, 3.05) is 0 Å². The fourth-order valence-electron chi connectivity index (χ4n) is 2.29. The van der Waals surface area contributed by atoms with Crippen LogP contribution in [-0.4, -0.2) is 14.7 Å². The molecule has 1 aromatic heterocycles. The van der Waals surface area contributed by atoms with Gasteiger partial charge in [0.25, 0.3) is 0 Å². The normalized spacial score (nSPS) is 12.6. The molecule has 0 spiro atoms. The van der Waals surface area contributed by atoms with Gasteiger partial charge in [0.1, 0.15) is 0 Å². The van der Waals surface area contributed by atoms with Gasteiger partial charge in [-0.1, -0.05) is 25.1 Å². The molecule has 2 aromatic rings. The molecule has 0 amide bonds.